The van der Waals surface area contributed by atoms with E-state index in [4.69, 9.17) is 17.8 Å². The van der Waals surface area contributed by atoms with E-state index in [0.717, 1.165) is 0 Å². The van der Waals surface area contributed by atoms with Crippen molar-refractivity contribution in [2.45, 2.75) is 26.7 Å². The van der Waals surface area contributed by atoms with Crippen molar-refractivity contribution in [1.29, 1.82) is 0 Å². The Morgan fingerprint density at radius 2 is 2.89 bits per heavy atom. The normalized spacial score (nSPS) is 37.1. The van der Waals surface area contributed by atoms with E-state index in [2.05, 4.69) is 0 Å². The average Bonchev–Trinajstić information content (AvgIpc) is 2.47. The molecule has 1 aromatic heterocycles. The van der Waals surface area contributed by atoms with Crippen LogP contribution in [0, 0.1) is 0 Å². The van der Waals surface area contributed by atoms with Crippen molar-refractivity contribution in [2.24, 2.45) is 0 Å². The summed E-state index contributed by atoms with van der Waals surface area (Å²) in [4.78, 5) is 0. The molecular weight excluding hydrogens is 112 g/mol. The van der Waals surface area contributed by atoms with Gasteiger partial charge < -0.3 is 0 Å². The fourth-order valence-electron chi connectivity index (χ4n) is 0.356. The maximum atomic E-state index is 7.69. The number of imidazole rings is 1. The van der Waals surface area contributed by atoms with Crippen molar-refractivity contribution < 1.29 is 22.4 Å². The van der Waals surface area contributed by atoms with Crippen molar-refractivity contribution in [3.8, 4) is 0 Å². The van der Waals surface area contributed by atoms with Gasteiger partial charge in [-0.05, 0) is 13.7 Å². The zero-order valence-electron chi connectivity index (χ0n) is 17.4. The Morgan fingerprint density at radius 1 is 1.89 bits per heavy atom. The molecule has 0 aliphatic heterocycles. The van der Waals surface area contributed by atoms with Crippen molar-refractivity contribution >= 4 is 0 Å². The minimum Gasteiger partial charge on any atom is -0.237 e. The van der Waals surface area contributed by atoms with Crippen LogP contribution in [0.3, 0.4) is 0 Å². The third-order valence-electron chi connectivity index (χ3n) is 0.697. The van der Waals surface area contributed by atoms with E-state index >= 15 is 0 Å². The first-order valence-electron chi connectivity index (χ1n) is 8.59. The molecule has 9 heavy (non-hydrogen) atoms. The summed E-state index contributed by atoms with van der Waals surface area (Å²) >= 11 is 0. The zero-order valence-corrected chi connectivity index (χ0v) is 4.39. The van der Waals surface area contributed by atoms with Crippen LogP contribution in [0.15, 0.2) is 18.6 Å². The van der Waals surface area contributed by atoms with Gasteiger partial charge in [0.1, 0.15) is 15.1 Å². The zero-order chi connectivity index (χ0) is 17.9. The summed E-state index contributed by atoms with van der Waals surface area (Å²) in [5, 5.41) is 0. The molecule has 0 N–H and O–H groups in total. The molecule has 2 nitrogen and oxygen atoms in total. The predicted molar refractivity (Wildman–Crippen MR) is 36.0 cm³/mol. The number of nitrogens with zero attached hydrogens (tertiary/aromatic N) is 2. The molecular formula is C7H13N2+. The Balaban J connectivity index is 3.75. The summed E-state index contributed by atoms with van der Waals surface area (Å²) in [6.07, 6.45) is -3.46. The molecule has 2 heteroatoms. The average molecular weight is 138 g/mol. The van der Waals surface area contributed by atoms with E-state index in [0.29, 0.717) is 0 Å². The highest BCUT2D eigenvalue weighted by Gasteiger charge is 1.95. The molecule has 50 valence electrons. The molecule has 0 bridgehead atoms. The van der Waals surface area contributed by atoms with Gasteiger partial charge in [0.25, 0.3) is 0 Å². The lowest BCUT2D eigenvalue weighted by molar-refractivity contribution is -0.693. The Labute approximate surface area is 74.0 Å². The first-order valence-corrected chi connectivity index (χ1v) is 2.09. The van der Waals surface area contributed by atoms with Crippen molar-refractivity contribution in [2.75, 3.05) is 0 Å². The summed E-state index contributed by atoms with van der Waals surface area (Å²) in [6.45, 7) is -13.2. The minimum atomic E-state index is -3.31. The molecule has 0 spiro atoms. The fourth-order valence-corrected chi connectivity index (χ4v) is 0.356. The minimum absolute atomic E-state index is 0.0219. The van der Waals surface area contributed by atoms with E-state index in [1.807, 2.05) is 0 Å². The SMILES string of the molecule is [2H]c1c([2H])[n+](C([2H])([2H])C([2H])([2H])[2H])c([2H])n1C([2H])([2H])C([2H])([2H])[2H]. The first-order chi connectivity index (χ1) is 9.48. The van der Waals surface area contributed by atoms with Crippen molar-refractivity contribution in [3.05, 3.63) is 18.6 Å². The van der Waals surface area contributed by atoms with E-state index in [-0.39, 0.29) is 9.13 Å². The maximum Gasteiger partial charge on any atom is 0.243 e. The van der Waals surface area contributed by atoms with Crippen LogP contribution in [-0.2, 0) is 13.0 Å². The molecule has 0 fully saturated rings. The van der Waals surface area contributed by atoms with Crippen LogP contribution in [0.5, 0.6) is 0 Å². The Kier molecular flexibility index (Phi) is 0.281. The van der Waals surface area contributed by atoms with Crippen LogP contribution in [0.4, 0.5) is 0 Å². The van der Waals surface area contributed by atoms with Crippen LogP contribution < -0.4 is 4.57 Å². The molecule has 0 radical (unpaired) electrons. The summed E-state index contributed by atoms with van der Waals surface area (Å²) in [6, 6.07) is 0. The van der Waals surface area contributed by atoms with E-state index in [1.54, 1.807) is 0 Å². The highest BCUT2D eigenvalue weighted by atomic mass is 15.1. The predicted octanol–water partition coefficient (Wildman–Crippen LogP) is 0.815. The topological polar surface area (TPSA) is 8.81 Å². The Hall–Kier alpha value is -0.790. The largest absolute Gasteiger partial charge is 0.243 e. The molecule has 0 amide bonds. The monoisotopic (exact) mass is 138 g/mol. The molecule has 0 aliphatic carbocycles. The molecule has 1 rings (SSSR count). The van der Waals surface area contributed by atoms with Gasteiger partial charge in [0.15, 0.2) is 1.37 Å². The molecule has 0 saturated heterocycles. The van der Waals surface area contributed by atoms with Gasteiger partial charge in [0.2, 0.25) is 6.30 Å². The van der Waals surface area contributed by atoms with Gasteiger partial charge in [-0.25, -0.2) is 9.13 Å². The Bertz CT molecular complexity index is 527. The van der Waals surface area contributed by atoms with E-state index in [9.17, 15) is 0 Å². The van der Waals surface area contributed by atoms with Gasteiger partial charge in [-0.2, -0.15) is 0 Å². The van der Waals surface area contributed by atoms with Crippen LogP contribution in [-0.4, -0.2) is 4.57 Å². The highest BCUT2D eigenvalue weighted by molar-refractivity contribution is 4.64. The molecule has 0 saturated carbocycles. The first kappa shape index (κ1) is 0.949. The molecule has 1 aromatic rings. The fraction of sp³-hybridized carbons (Fsp3) is 0.571. The number of aromatic nitrogens is 2. The second-order valence-corrected chi connectivity index (χ2v) is 1.22. The number of hydrogen-bond acceptors (Lipinski definition) is 0. The summed E-state index contributed by atoms with van der Waals surface area (Å²) in [5.41, 5.74) is 0. The lowest BCUT2D eigenvalue weighted by Crippen LogP contribution is -2.28. The third-order valence-corrected chi connectivity index (χ3v) is 0.697. The van der Waals surface area contributed by atoms with E-state index in [1.165, 1.54) is 0 Å². The standard InChI is InChI=1S/C7H13N2/c1-3-8-5-6-9(4-2)7-8/h5-7H,3-4H2,1-2H3/q+1/i1D3,2D3,3D2,4D2,5D,6D,7D. The van der Waals surface area contributed by atoms with Crippen LogP contribution in [0.2, 0.25) is 0 Å². The molecule has 0 atom stereocenters. The summed E-state index contributed by atoms with van der Waals surface area (Å²) in [7, 11) is 0. The smallest absolute Gasteiger partial charge is 0.237 e. The lowest BCUT2D eigenvalue weighted by atomic mass is 10.7. The second kappa shape index (κ2) is 2.67. The number of hydrogen-bond donors (Lipinski definition) is 0. The lowest BCUT2D eigenvalue weighted by Gasteiger charge is -1.84. The Morgan fingerprint density at radius 3 is 3.67 bits per heavy atom. The van der Waals surface area contributed by atoms with Gasteiger partial charge in [-0.15, -0.1) is 0 Å². The van der Waals surface area contributed by atoms with Crippen LogP contribution >= 0.6 is 0 Å². The van der Waals surface area contributed by atoms with Gasteiger partial charge in [-0.3, -0.25) is 0 Å². The van der Waals surface area contributed by atoms with Crippen LogP contribution in [0.1, 0.15) is 31.5 Å². The highest BCUT2D eigenvalue weighted by Crippen LogP contribution is 1.81. The molecule has 0 aromatic carbocycles. The quantitative estimate of drug-likeness (QED) is 0.535. The maximum absolute atomic E-state index is 7.69. The molecule has 0 unspecified atom stereocenters. The summed E-state index contributed by atoms with van der Waals surface area (Å²) < 4.78 is 95.7. The number of rotatable bonds is 2. The molecule has 1 heterocycles. The van der Waals surface area contributed by atoms with Gasteiger partial charge in [-0.1, -0.05) is 0 Å². The van der Waals surface area contributed by atoms with Gasteiger partial charge >= 0.3 is 0 Å². The third kappa shape index (κ3) is 1.31. The van der Waals surface area contributed by atoms with Crippen molar-refractivity contribution in [3.63, 3.8) is 0 Å². The van der Waals surface area contributed by atoms with E-state index < -0.39 is 45.3 Å². The van der Waals surface area contributed by atoms with Gasteiger partial charge in [0.05, 0.1) is 18.5 Å². The molecule has 0 aliphatic rings. The van der Waals surface area contributed by atoms with Crippen LogP contribution in [0.25, 0.3) is 0 Å². The van der Waals surface area contributed by atoms with Gasteiger partial charge in [0, 0.05) is 8.22 Å². The second-order valence-electron chi connectivity index (χ2n) is 1.22. The van der Waals surface area contributed by atoms with Crippen molar-refractivity contribution in [1.82, 2.24) is 4.57 Å². The summed E-state index contributed by atoms with van der Waals surface area (Å²) in [5.74, 6) is 0.